The predicted molar refractivity (Wildman–Crippen MR) is 94.7 cm³/mol. The van der Waals surface area contributed by atoms with Gasteiger partial charge in [0.1, 0.15) is 17.3 Å². The molecule has 1 aliphatic rings. The van der Waals surface area contributed by atoms with Gasteiger partial charge in [-0.05, 0) is 49.9 Å². The van der Waals surface area contributed by atoms with Crippen molar-refractivity contribution in [1.82, 2.24) is 9.88 Å². The highest BCUT2D eigenvalue weighted by Gasteiger charge is 2.17. The number of pyridine rings is 1. The molecule has 0 saturated carbocycles. The molecule has 2 heterocycles. The zero-order valence-electron chi connectivity index (χ0n) is 14.0. The molecule has 1 saturated heterocycles. The average molecular weight is 326 g/mol. The van der Waals surface area contributed by atoms with E-state index in [0.29, 0.717) is 11.4 Å². The van der Waals surface area contributed by atoms with Gasteiger partial charge in [-0.15, -0.1) is 0 Å². The number of benzene rings is 1. The van der Waals surface area contributed by atoms with Gasteiger partial charge in [0.05, 0.1) is 0 Å². The summed E-state index contributed by atoms with van der Waals surface area (Å²) in [6.45, 7) is 5.64. The number of anilines is 2. The first-order valence-corrected chi connectivity index (χ1v) is 8.04. The Morgan fingerprint density at radius 1 is 1.17 bits per heavy atom. The van der Waals surface area contributed by atoms with Gasteiger partial charge in [0.2, 0.25) is 0 Å². The van der Waals surface area contributed by atoms with Crippen LogP contribution in [0.25, 0.3) is 0 Å². The number of aromatic hydroxyl groups is 1. The summed E-state index contributed by atoms with van der Waals surface area (Å²) in [5.74, 6) is 0.763. The lowest BCUT2D eigenvalue weighted by atomic mass is 10.2. The Bertz CT molecular complexity index is 740. The Morgan fingerprint density at radius 3 is 2.62 bits per heavy atom. The normalized spacial score (nSPS) is 15.3. The number of hydrogen-bond donors (Lipinski definition) is 2. The molecule has 0 radical (unpaired) electrons. The zero-order chi connectivity index (χ0) is 17.1. The summed E-state index contributed by atoms with van der Waals surface area (Å²) in [6, 6.07) is 10.4. The first-order chi connectivity index (χ1) is 11.5. The molecule has 0 aliphatic carbocycles. The predicted octanol–water partition coefficient (Wildman–Crippen LogP) is 2.10. The number of phenols is 1. The monoisotopic (exact) mass is 326 g/mol. The van der Waals surface area contributed by atoms with E-state index in [4.69, 9.17) is 0 Å². The zero-order valence-corrected chi connectivity index (χ0v) is 14.0. The Morgan fingerprint density at radius 2 is 1.92 bits per heavy atom. The van der Waals surface area contributed by atoms with Gasteiger partial charge in [0.25, 0.3) is 5.91 Å². The summed E-state index contributed by atoms with van der Waals surface area (Å²) in [6.07, 6.45) is 0. The Kier molecular flexibility index (Phi) is 4.66. The maximum absolute atomic E-state index is 12.5. The van der Waals surface area contributed by atoms with Gasteiger partial charge in [-0.25, -0.2) is 4.98 Å². The lowest BCUT2D eigenvalue weighted by Crippen LogP contribution is -2.44. The SMILES string of the molecule is Cc1cc(O)ccc1NC(=O)c1cccc(N2CCN(C)CC2)n1. The van der Waals surface area contributed by atoms with Crippen molar-refractivity contribution in [3.8, 4) is 5.75 Å². The van der Waals surface area contributed by atoms with Crippen LogP contribution in [0.3, 0.4) is 0 Å². The van der Waals surface area contributed by atoms with E-state index < -0.39 is 0 Å². The lowest BCUT2D eigenvalue weighted by molar-refractivity contribution is 0.102. The maximum Gasteiger partial charge on any atom is 0.274 e. The van der Waals surface area contributed by atoms with Crippen molar-refractivity contribution in [2.45, 2.75) is 6.92 Å². The number of rotatable bonds is 3. The highest BCUT2D eigenvalue weighted by molar-refractivity contribution is 6.03. The van der Waals surface area contributed by atoms with E-state index in [-0.39, 0.29) is 11.7 Å². The van der Waals surface area contributed by atoms with Gasteiger partial charge < -0.3 is 20.2 Å². The van der Waals surface area contributed by atoms with Crippen LogP contribution in [0.1, 0.15) is 16.1 Å². The van der Waals surface area contributed by atoms with E-state index in [9.17, 15) is 9.90 Å². The molecule has 1 amide bonds. The van der Waals surface area contributed by atoms with E-state index in [1.54, 1.807) is 24.3 Å². The maximum atomic E-state index is 12.5. The minimum absolute atomic E-state index is 0.181. The van der Waals surface area contributed by atoms with Gasteiger partial charge >= 0.3 is 0 Å². The molecular formula is C18H22N4O2. The van der Waals surface area contributed by atoms with Gasteiger partial charge in [-0.2, -0.15) is 0 Å². The third-order valence-electron chi connectivity index (χ3n) is 4.25. The molecular weight excluding hydrogens is 304 g/mol. The summed E-state index contributed by atoms with van der Waals surface area (Å²) < 4.78 is 0. The highest BCUT2D eigenvalue weighted by atomic mass is 16.3. The molecule has 3 rings (SSSR count). The number of phenolic OH excluding ortho intramolecular Hbond substituents is 1. The molecule has 24 heavy (non-hydrogen) atoms. The van der Waals surface area contributed by atoms with E-state index in [1.807, 2.05) is 19.1 Å². The molecule has 1 fully saturated rings. The fraction of sp³-hybridized carbons (Fsp3) is 0.333. The molecule has 1 aromatic heterocycles. The number of carbonyl (C=O) groups excluding carboxylic acids is 1. The molecule has 0 bridgehead atoms. The second kappa shape index (κ2) is 6.88. The molecule has 6 heteroatoms. The third-order valence-corrected chi connectivity index (χ3v) is 4.25. The van der Waals surface area contributed by atoms with Gasteiger partial charge in [-0.3, -0.25) is 4.79 Å². The van der Waals surface area contributed by atoms with Gasteiger partial charge in [-0.1, -0.05) is 6.07 Å². The summed E-state index contributed by atoms with van der Waals surface area (Å²) in [7, 11) is 2.11. The van der Waals surface area contributed by atoms with Crippen LogP contribution in [0.15, 0.2) is 36.4 Å². The van der Waals surface area contributed by atoms with E-state index in [2.05, 4.69) is 27.1 Å². The second-order valence-electron chi connectivity index (χ2n) is 6.12. The van der Waals surface area contributed by atoms with Gasteiger partial charge in [0, 0.05) is 31.9 Å². The summed E-state index contributed by atoms with van der Waals surface area (Å²) in [5.41, 5.74) is 1.86. The fourth-order valence-corrected chi connectivity index (χ4v) is 2.74. The molecule has 126 valence electrons. The summed E-state index contributed by atoms with van der Waals surface area (Å²) >= 11 is 0. The van der Waals surface area contributed by atoms with E-state index in [1.165, 1.54) is 0 Å². The Balaban J connectivity index is 1.74. The van der Waals surface area contributed by atoms with Crippen LogP contribution in [0.2, 0.25) is 0 Å². The number of hydrogen-bond acceptors (Lipinski definition) is 5. The molecule has 1 aromatic carbocycles. The summed E-state index contributed by atoms with van der Waals surface area (Å²) in [4.78, 5) is 21.5. The molecule has 0 atom stereocenters. The van der Waals surface area contributed by atoms with Crippen molar-refractivity contribution in [2.24, 2.45) is 0 Å². The van der Waals surface area contributed by atoms with Crippen molar-refractivity contribution in [3.63, 3.8) is 0 Å². The van der Waals surface area contributed by atoms with Crippen molar-refractivity contribution in [2.75, 3.05) is 43.4 Å². The smallest absolute Gasteiger partial charge is 0.274 e. The second-order valence-corrected chi connectivity index (χ2v) is 6.12. The molecule has 1 aliphatic heterocycles. The molecule has 6 nitrogen and oxygen atoms in total. The number of likely N-dealkylation sites (N-methyl/N-ethyl adjacent to an activating group) is 1. The number of nitrogens with one attached hydrogen (secondary N) is 1. The van der Waals surface area contributed by atoms with Crippen molar-refractivity contribution < 1.29 is 9.90 Å². The number of piperazine rings is 1. The number of nitrogens with zero attached hydrogens (tertiary/aromatic N) is 3. The van der Waals surface area contributed by atoms with Crippen LogP contribution in [-0.2, 0) is 0 Å². The van der Waals surface area contributed by atoms with Gasteiger partial charge in [0.15, 0.2) is 0 Å². The van der Waals surface area contributed by atoms with Crippen molar-refractivity contribution in [1.29, 1.82) is 0 Å². The topological polar surface area (TPSA) is 68.7 Å². The standard InChI is InChI=1S/C18H22N4O2/c1-13-12-14(23)6-7-15(13)20-18(24)16-4-3-5-17(19-16)22-10-8-21(2)9-11-22/h3-7,12,23H,8-11H2,1-2H3,(H,20,24). The van der Waals surface area contributed by atoms with Crippen LogP contribution in [-0.4, -0.2) is 54.1 Å². The first kappa shape index (κ1) is 16.3. The van der Waals surface area contributed by atoms with E-state index >= 15 is 0 Å². The minimum Gasteiger partial charge on any atom is -0.508 e. The minimum atomic E-state index is -0.250. The number of aryl methyl sites for hydroxylation is 1. The largest absolute Gasteiger partial charge is 0.508 e. The van der Waals surface area contributed by atoms with Crippen molar-refractivity contribution in [3.05, 3.63) is 47.7 Å². The quantitative estimate of drug-likeness (QED) is 0.846. The summed E-state index contributed by atoms with van der Waals surface area (Å²) in [5, 5.41) is 12.3. The Hall–Kier alpha value is -2.60. The Labute approximate surface area is 141 Å². The molecule has 0 spiro atoms. The van der Waals surface area contributed by atoms with Crippen LogP contribution in [0, 0.1) is 6.92 Å². The van der Waals surface area contributed by atoms with Crippen LogP contribution in [0.4, 0.5) is 11.5 Å². The lowest BCUT2D eigenvalue weighted by Gasteiger charge is -2.33. The first-order valence-electron chi connectivity index (χ1n) is 8.04. The third kappa shape index (κ3) is 3.65. The van der Waals surface area contributed by atoms with Crippen LogP contribution < -0.4 is 10.2 Å². The molecule has 2 aromatic rings. The average Bonchev–Trinajstić information content (AvgIpc) is 2.58. The molecule has 0 unspecified atom stereocenters. The van der Waals surface area contributed by atoms with Crippen LogP contribution in [0.5, 0.6) is 5.75 Å². The fourth-order valence-electron chi connectivity index (χ4n) is 2.74. The van der Waals surface area contributed by atoms with Crippen LogP contribution >= 0.6 is 0 Å². The van der Waals surface area contributed by atoms with Crippen molar-refractivity contribution >= 4 is 17.4 Å². The number of carbonyl (C=O) groups is 1. The highest BCUT2D eigenvalue weighted by Crippen LogP contribution is 2.21. The van der Waals surface area contributed by atoms with E-state index in [0.717, 1.165) is 37.6 Å². The molecule has 2 N–H and O–H groups in total. The number of aromatic nitrogens is 1. The number of amides is 1.